The molecule has 1 aromatic carbocycles. The first-order chi connectivity index (χ1) is 12.7. The van der Waals surface area contributed by atoms with Gasteiger partial charge in [-0.3, -0.25) is 0 Å². The van der Waals surface area contributed by atoms with Gasteiger partial charge < -0.3 is 9.64 Å². The highest BCUT2D eigenvalue weighted by Gasteiger charge is 2.37. The molecule has 1 heterocycles. The second-order valence-corrected chi connectivity index (χ2v) is 8.64. The number of carbonyl (C=O) groups is 1. The monoisotopic (exact) mass is 366 g/mol. The summed E-state index contributed by atoms with van der Waals surface area (Å²) in [6.07, 6.45) is 3.98. The molecule has 1 aliphatic carbocycles. The lowest BCUT2D eigenvalue weighted by atomic mass is 9.63. The summed E-state index contributed by atoms with van der Waals surface area (Å²) in [7, 11) is 1.38. The number of nitrogens with zero attached hydrogens (tertiary/aromatic N) is 2. The second-order valence-electron chi connectivity index (χ2n) is 8.64. The van der Waals surface area contributed by atoms with E-state index < -0.39 is 0 Å². The van der Waals surface area contributed by atoms with Crippen LogP contribution in [-0.4, -0.2) is 24.6 Å². The highest BCUT2D eigenvalue weighted by molar-refractivity contribution is 5.89. The number of rotatable bonds is 4. The quantitative estimate of drug-likeness (QED) is 0.682. The molecular formula is C23H30N2O2. The Labute approximate surface area is 162 Å². The van der Waals surface area contributed by atoms with E-state index in [0.717, 1.165) is 18.1 Å². The van der Waals surface area contributed by atoms with Crippen LogP contribution in [-0.2, 0) is 15.6 Å². The third-order valence-electron chi connectivity index (χ3n) is 5.91. The van der Waals surface area contributed by atoms with Gasteiger partial charge in [-0.05, 0) is 66.0 Å². The number of fused-ring (bicyclic) bond motifs is 1. The highest BCUT2D eigenvalue weighted by atomic mass is 16.5. The summed E-state index contributed by atoms with van der Waals surface area (Å²) < 4.78 is 4.76. The molecule has 0 unspecified atom stereocenters. The Morgan fingerprint density at radius 1 is 1.07 bits per heavy atom. The Hall–Kier alpha value is -2.36. The summed E-state index contributed by atoms with van der Waals surface area (Å²) in [4.78, 5) is 18.3. The van der Waals surface area contributed by atoms with Crippen molar-refractivity contribution in [1.29, 1.82) is 0 Å². The van der Waals surface area contributed by atoms with Crippen LogP contribution >= 0.6 is 0 Å². The molecule has 4 heteroatoms. The molecule has 0 spiro atoms. The number of esters is 1. The Balaban J connectivity index is 2.01. The van der Waals surface area contributed by atoms with Crippen LogP contribution in [0.4, 0.5) is 11.5 Å². The number of aromatic nitrogens is 1. The van der Waals surface area contributed by atoms with Gasteiger partial charge in [0.1, 0.15) is 5.82 Å². The lowest BCUT2D eigenvalue weighted by Crippen LogP contribution is -2.34. The van der Waals surface area contributed by atoms with Crippen LogP contribution in [0, 0.1) is 0 Å². The zero-order chi connectivity index (χ0) is 19.8. The van der Waals surface area contributed by atoms with E-state index in [4.69, 9.17) is 4.74 Å². The van der Waals surface area contributed by atoms with E-state index in [1.54, 1.807) is 12.3 Å². The van der Waals surface area contributed by atoms with Gasteiger partial charge in [0.05, 0.1) is 12.7 Å². The van der Waals surface area contributed by atoms with Gasteiger partial charge in [0.25, 0.3) is 0 Å². The lowest BCUT2D eigenvalue weighted by Gasteiger charge is -2.42. The standard InChI is InChI=1S/C23H30N2O2/c1-7-25(20-11-8-16(15-24-20)21(26)27-6)17-9-10-18-19(14-17)23(4,5)13-12-22(18,2)3/h8-11,14-15H,7,12-13H2,1-6H3. The summed E-state index contributed by atoms with van der Waals surface area (Å²) in [5, 5.41) is 0. The van der Waals surface area contributed by atoms with Crippen LogP contribution in [0.3, 0.4) is 0 Å². The molecule has 144 valence electrons. The van der Waals surface area contributed by atoms with E-state index in [1.807, 2.05) is 6.07 Å². The van der Waals surface area contributed by atoms with Gasteiger partial charge in [-0.1, -0.05) is 33.8 Å². The van der Waals surface area contributed by atoms with Crippen molar-refractivity contribution < 1.29 is 9.53 Å². The molecule has 0 bridgehead atoms. The molecular weight excluding hydrogens is 336 g/mol. The van der Waals surface area contributed by atoms with Crippen LogP contribution in [0.2, 0.25) is 0 Å². The van der Waals surface area contributed by atoms with Crippen molar-refractivity contribution in [3.63, 3.8) is 0 Å². The first-order valence-corrected chi connectivity index (χ1v) is 9.66. The van der Waals surface area contributed by atoms with Crippen LogP contribution in [0.15, 0.2) is 36.5 Å². The smallest absolute Gasteiger partial charge is 0.339 e. The zero-order valence-corrected chi connectivity index (χ0v) is 17.3. The maximum Gasteiger partial charge on any atom is 0.339 e. The van der Waals surface area contributed by atoms with Crippen LogP contribution < -0.4 is 4.90 Å². The SMILES string of the molecule is CCN(c1ccc2c(c1)C(C)(C)CCC2(C)C)c1ccc(C(=O)OC)cn1. The van der Waals surface area contributed by atoms with Gasteiger partial charge in [-0.25, -0.2) is 9.78 Å². The third kappa shape index (κ3) is 3.58. The third-order valence-corrected chi connectivity index (χ3v) is 5.91. The molecule has 0 aliphatic heterocycles. The van der Waals surface area contributed by atoms with E-state index in [2.05, 4.69) is 62.7 Å². The molecule has 2 aromatic rings. The van der Waals surface area contributed by atoms with Gasteiger partial charge >= 0.3 is 5.97 Å². The molecule has 1 aliphatic rings. The fourth-order valence-electron chi connectivity index (χ4n) is 4.01. The number of carbonyl (C=O) groups excluding carboxylic acids is 1. The number of pyridine rings is 1. The molecule has 0 N–H and O–H groups in total. The van der Waals surface area contributed by atoms with Crippen molar-refractivity contribution in [2.75, 3.05) is 18.6 Å². The van der Waals surface area contributed by atoms with Crippen molar-refractivity contribution in [3.05, 3.63) is 53.2 Å². The average molecular weight is 367 g/mol. The van der Waals surface area contributed by atoms with Gasteiger partial charge in [0, 0.05) is 18.4 Å². The van der Waals surface area contributed by atoms with E-state index in [-0.39, 0.29) is 16.8 Å². The molecule has 0 atom stereocenters. The molecule has 0 saturated heterocycles. The Morgan fingerprint density at radius 3 is 2.30 bits per heavy atom. The number of ether oxygens (including phenoxy) is 1. The fourth-order valence-corrected chi connectivity index (χ4v) is 4.01. The van der Waals surface area contributed by atoms with Crippen LogP contribution in [0.5, 0.6) is 0 Å². The van der Waals surface area contributed by atoms with Crippen molar-refractivity contribution >= 4 is 17.5 Å². The molecule has 3 rings (SSSR count). The number of methoxy groups -OCH3 is 1. The first kappa shape index (κ1) is 19.4. The van der Waals surface area contributed by atoms with Crippen molar-refractivity contribution in [3.8, 4) is 0 Å². The summed E-state index contributed by atoms with van der Waals surface area (Å²) in [5.41, 5.74) is 4.86. The maximum absolute atomic E-state index is 11.7. The molecule has 0 amide bonds. The topological polar surface area (TPSA) is 42.4 Å². The minimum absolute atomic E-state index is 0.169. The van der Waals surface area contributed by atoms with Crippen LogP contribution in [0.1, 0.15) is 68.9 Å². The minimum Gasteiger partial charge on any atom is -0.465 e. The summed E-state index contributed by atoms with van der Waals surface area (Å²) in [5.74, 6) is 0.466. The number of hydrogen-bond acceptors (Lipinski definition) is 4. The molecule has 27 heavy (non-hydrogen) atoms. The van der Waals surface area contributed by atoms with E-state index in [1.165, 1.54) is 31.1 Å². The molecule has 1 aromatic heterocycles. The predicted octanol–water partition coefficient (Wildman–Crippen LogP) is 5.38. The summed E-state index contributed by atoms with van der Waals surface area (Å²) in [6, 6.07) is 10.5. The van der Waals surface area contributed by atoms with E-state index in [0.29, 0.717) is 5.56 Å². The molecule has 4 nitrogen and oxygen atoms in total. The maximum atomic E-state index is 11.7. The number of benzene rings is 1. The van der Waals surface area contributed by atoms with E-state index >= 15 is 0 Å². The fraction of sp³-hybridized carbons (Fsp3) is 0.478. The summed E-state index contributed by atoms with van der Waals surface area (Å²) in [6.45, 7) is 12.3. The van der Waals surface area contributed by atoms with E-state index in [9.17, 15) is 4.79 Å². The van der Waals surface area contributed by atoms with Crippen LogP contribution in [0.25, 0.3) is 0 Å². The largest absolute Gasteiger partial charge is 0.465 e. The zero-order valence-electron chi connectivity index (χ0n) is 17.3. The average Bonchev–Trinajstić information content (AvgIpc) is 2.66. The first-order valence-electron chi connectivity index (χ1n) is 9.66. The Bertz CT molecular complexity index is 838. The Kier molecular flexibility index (Phi) is 5.02. The van der Waals surface area contributed by atoms with Crippen molar-refractivity contribution in [2.45, 2.75) is 58.3 Å². The molecule has 0 saturated carbocycles. The predicted molar refractivity (Wildman–Crippen MR) is 110 cm³/mol. The molecule has 0 fully saturated rings. The van der Waals surface area contributed by atoms with Gasteiger partial charge in [0.2, 0.25) is 0 Å². The highest BCUT2D eigenvalue weighted by Crippen LogP contribution is 2.47. The number of anilines is 2. The van der Waals surface area contributed by atoms with Gasteiger partial charge in [-0.2, -0.15) is 0 Å². The van der Waals surface area contributed by atoms with Gasteiger partial charge in [-0.15, -0.1) is 0 Å². The minimum atomic E-state index is -0.366. The lowest BCUT2D eigenvalue weighted by molar-refractivity contribution is 0.0600. The number of hydrogen-bond donors (Lipinski definition) is 0. The van der Waals surface area contributed by atoms with Crippen molar-refractivity contribution in [2.24, 2.45) is 0 Å². The second kappa shape index (κ2) is 6.99. The Morgan fingerprint density at radius 2 is 1.74 bits per heavy atom. The van der Waals surface area contributed by atoms with Gasteiger partial charge in [0.15, 0.2) is 0 Å². The van der Waals surface area contributed by atoms with Crippen molar-refractivity contribution in [1.82, 2.24) is 4.98 Å². The molecule has 0 radical (unpaired) electrons. The summed E-state index contributed by atoms with van der Waals surface area (Å²) >= 11 is 0. The normalized spacial score (nSPS) is 17.1.